The second-order valence-electron chi connectivity index (χ2n) is 4.25. The third-order valence-electron chi connectivity index (χ3n) is 2.84. The molecule has 0 atom stereocenters. The van der Waals surface area contributed by atoms with Gasteiger partial charge in [-0.1, -0.05) is 46.3 Å². The van der Waals surface area contributed by atoms with E-state index in [0.29, 0.717) is 0 Å². The maximum Gasteiger partial charge on any atom is 0.0402 e. The second kappa shape index (κ2) is 5.37. The molecule has 88 valence electrons. The lowest BCUT2D eigenvalue weighted by Gasteiger charge is -2.12. The second-order valence-corrected chi connectivity index (χ2v) is 5.17. The van der Waals surface area contributed by atoms with Gasteiger partial charge in [-0.3, -0.25) is 0 Å². The molecule has 0 unspecified atom stereocenters. The molecule has 0 aliphatic rings. The van der Waals surface area contributed by atoms with Crippen LogP contribution in [0.25, 0.3) is 0 Å². The molecule has 1 N–H and O–H groups in total. The SMILES string of the molecule is Cc1cccc(C)c1NCc1cccc(Br)c1. The van der Waals surface area contributed by atoms with Crippen molar-refractivity contribution in [1.29, 1.82) is 0 Å². The Morgan fingerprint density at radius 3 is 2.29 bits per heavy atom. The Hall–Kier alpha value is -1.28. The van der Waals surface area contributed by atoms with Crippen LogP contribution in [0.15, 0.2) is 46.9 Å². The summed E-state index contributed by atoms with van der Waals surface area (Å²) < 4.78 is 1.12. The Kier molecular flexibility index (Phi) is 3.85. The zero-order valence-corrected chi connectivity index (χ0v) is 11.7. The predicted octanol–water partition coefficient (Wildman–Crippen LogP) is 4.68. The number of benzene rings is 2. The van der Waals surface area contributed by atoms with Crippen LogP contribution >= 0.6 is 15.9 Å². The number of nitrogens with one attached hydrogen (secondary N) is 1. The monoisotopic (exact) mass is 289 g/mol. The van der Waals surface area contributed by atoms with E-state index < -0.39 is 0 Å². The van der Waals surface area contributed by atoms with Crippen LogP contribution < -0.4 is 5.32 Å². The minimum Gasteiger partial charge on any atom is -0.381 e. The normalized spacial score (nSPS) is 10.3. The summed E-state index contributed by atoms with van der Waals surface area (Å²) >= 11 is 3.49. The summed E-state index contributed by atoms with van der Waals surface area (Å²) in [6, 6.07) is 14.7. The van der Waals surface area contributed by atoms with Crippen LogP contribution in [0.5, 0.6) is 0 Å². The van der Waals surface area contributed by atoms with E-state index in [1.807, 2.05) is 6.07 Å². The molecule has 2 rings (SSSR count). The number of para-hydroxylation sites is 1. The van der Waals surface area contributed by atoms with Gasteiger partial charge in [0.25, 0.3) is 0 Å². The molecule has 0 radical (unpaired) electrons. The van der Waals surface area contributed by atoms with Gasteiger partial charge in [0.2, 0.25) is 0 Å². The predicted molar refractivity (Wildman–Crippen MR) is 77.4 cm³/mol. The first-order chi connectivity index (χ1) is 8.16. The maximum absolute atomic E-state index is 3.50. The van der Waals surface area contributed by atoms with E-state index in [9.17, 15) is 0 Å². The van der Waals surface area contributed by atoms with Crippen molar-refractivity contribution in [2.75, 3.05) is 5.32 Å². The van der Waals surface area contributed by atoms with Gasteiger partial charge >= 0.3 is 0 Å². The molecular formula is C15H16BrN. The van der Waals surface area contributed by atoms with Crippen molar-refractivity contribution in [2.45, 2.75) is 20.4 Å². The van der Waals surface area contributed by atoms with Crippen molar-refractivity contribution in [1.82, 2.24) is 0 Å². The van der Waals surface area contributed by atoms with Gasteiger partial charge in [0.15, 0.2) is 0 Å². The number of aryl methyl sites for hydroxylation is 2. The first kappa shape index (κ1) is 12.2. The molecule has 0 aliphatic heterocycles. The number of anilines is 1. The van der Waals surface area contributed by atoms with Crippen molar-refractivity contribution >= 4 is 21.6 Å². The van der Waals surface area contributed by atoms with Gasteiger partial charge in [0.1, 0.15) is 0 Å². The first-order valence-corrected chi connectivity index (χ1v) is 6.50. The Bertz CT molecular complexity index is 500. The minimum atomic E-state index is 0.852. The number of halogens is 1. The molecule has 0 amide bonds. The topological polar surface area (TPSA) is 12.0 Å². The van der Waals surface area contributed by atoms with E-state index in [1.165, 1.54) is 22.4 Å². The lowest BCUT2D eigenvalue weighted by molar-refractivity contribution is 1.13. The Balaban J connectivity index is 2.13. The minimum absolute atomic E-state index is 0.852. The van der Waals surface area contributed by atoms with Crippen LogP contribution in [-0.2, 0) is 6.54 Å². The van der Waals surface area contributed by atoms with Crippen LogP contribution in [0.4, 0.5) is 5.69 Å². The summed E-state index contributed by atoms with van der Waals surface area (Å²) in [5.41, 5.74) is 5.11. The first-order valence-electron chi connectivity index (χ1n) is 5.71. The molecule has 0 spiro atoms. The van der Waals surface area contributed by atoms with Gasteiger partial charge in [-0.25, -0.2) is 0 Å². The van der Waals surface area contributed by atoms with Crippen LogP contribution in [0.2, 0.25) is 0 Å². The molecule has 0 aliphatic carbocycles. The summed E-state index contributed by atoms with van der Waals surface area (Å²) in [5.74, 6) is 0. The van der Waals surface area contributed by atoms with Gasteiger partial charge < -0.3 is 5.32 Å². The van der Waals surface area contributed by atoms with Crippen molar-refractivity contribution in [2.24, 2.45) is 0 Å². The van der Waals surface area contributed by atoms with Crippen LogP contribution in [-0.4, -0.2) is 0 Å². The summed E-state index contributed by atoms with van der Waals surface area (Å²) in [5, 5.41) is 3.50. The van der Waals surface area contributed by atoms with Gasteiger partial charge in [0, 0.05) is 16.7 Å². The average Bonchev–Trinajstić information content (AvgIpc) is 2.28. The van der Waals surface area contributed by atoms with E-state index >= 15 is 0 Å². The molecule has 0 saturated heterocycles. The summed E-state index contributed by atoms with van der Waals surface area (Å²) in [6.45, 7) is 5.12. The van der Waals surface area contributed by atoms with Gasteiger partial charge in [0.05, 0.1) is 0 Å². The maximum atomic E-state index is 3.50. The van der Waals surface area contributed by atoms with E-state index in [1.54, 1.807) is 0 Å². The zero-order chi connectivity index (χ0) is 12.3. The Morgan fingerprint density at radius 1 is 1.00 bits per heavy atom. The molecule has 17 heavy (non-hydrogen) atoms. The molecule has 0 bridgehead atoms. The average molecular weight is 290 g/mol. The fourth-order valence-corrected chi connectivity index (χ4v) is 2.38. The standard InChI is InChI=1S/C15H16BrN/c1-11-5-3-6-12(2)15(11)17-10-13-7-4-8-14(16)9-13/h3-9,17H,10H2,1-2H3. The van der Waals surface area contributed by atoms with Crippen molar-refractivity contribution in [3.05, 3.63) is 63.6 Å². The molecule has 0 aromatic heterocycles. The van der Waals surface area contributed by atoms with Crippen LogP contribution in [0, 0.1) is 13.8 Å². The highest BCUT2D eigenvalue weighted by Crippen LogP contribution is 2.20. The molecular weight excluding hydrogens is 274 g/mol. The van der Waals surface area contributed by atoms with E-state index in [4.69, 9.17) is 0 Å². The zero-order valence-electron chi connectivity index (χ0n) is 10.1. The molecule has 2 heteroatoms. The van der Waals surface area contributed by atoms with Crippen molar-refractivity contribution in [3.8, 4) is 0 Å². The van der Waals surface area contributed by atoms with Crippen LogP contribution in [0.3, 0.4) is 0 Å². The fraction of sp³-hybridized carbons (Fsp3) is 0.200. The summed E-state index contributed by atoms with van der Waals surface area (Å²) in [4.78, 5) is 0. The highest BCUT2D eigenvalue weighted by atomic mass is 79.9. The number of hydrogen-bond acceptors (Lipinski definition) is 1. The Morgan fingerprint density at radius 2 is 1.65 bits per heavy atom. The highest BCUT2D eigenvalue weighted by molar-refractivity contribution is 9.10. The van der Waals surface area contributed by atoms with Gasteiger partial charge in [-0.2, -0.15) is 0 Å². The van der Waals surface area contributed by atoms with Crippen LogP contribution in [0.1, 0.15) is 16.7 Å². The van der Waals surface area contributed by atoms with Crippen molar-refractivity contribution in [3.63, 3.8) is 0 Å². The van der Waals surface area contributed by atoms with E-state index in [-0.39, 0.29) is 0 Å². The quantitative estimate of drug-likeness (QED) is 0.865. The molecule has 0 heterocycles. The molecule has 2 aromatic carbocycles. The lowest BCUT2D eigenvalue weighted by Crippen LogP contribution is -2.02. The number of rotatable bonds is 3. The summed E-state index contributed by atoms with van der Waals surface area (Å²) in [7, 11) is 0. The molecule has 0 saturated carbocycles. The van der Waals surface area contributed by atoms with Gasteiger partial charge in [-0.15, -0.1) is 0 Å². The molecule has 2 aromatic rings. The third-order valence-corrected chi connectivity index (χ3v) is 3.33. The Labute approximate surface area is 111 Å². The molecule has 0 fully saturated rings. The highest BCUT2D eigenvalue weighted by Gasteiger charge is 2.01. The smallest absolute Gasteiger partial charge is 0.0402 e. The van der Waals surface area contributed by atoms with E-state index in [0.717, 1.165) is 11.0 Å². The third kappa shape index (κ3) is 3.10. The van der Waals surface area contributed by atoms with Gasteiger partial charge in [-0.05, 0) is 42.7 Å². The molecule has 1 nitrogen and oxygen atoms in total. The largest absolute Gasteiger partial charge is 0.381 e. The van der Waals surface area contributed by atoms with E-state index in [2.05, 4.69) is 71.5 Å². The lowest BCUT2D eigenvalue weighted by atomic mass is 10.1. The van der Waals surface area contributed by atoms with Crippen molar-refractivity contribution < 1.29 is 0 Å². The fourth-order valence-electron chi connectivity index (χ4n) is 1.93. The number of hydrogen-bond donors (Lipinski definition) is 1. The summed E-state index contributed by atoms with van der Waals surface area (Å²) in [6.07, 6.45) is 0.